The van der Waals surface area contributed by atoms with Gasteiger partial charge in [0.15, 0.2) is 5.78 Å². The molecule has 2 atom stereocenters. The Hall–Kier alpha value is -1.64. The Balaban J connectivity index is 2.04. The van der Waals surface area contributed by atoms with Gasteiger partial charge in [0, 0.05) is 6.54 Å². The molecule has 1 fully saturated rings. The number of carbonyl (C=O) groups excluding carboxylic acids is 3. The molecule has 1 aromatic rings. The highest BCUT2D eigenvalue weighted by Gasteiger charge is 2.30. The molecule has 1 saturated heterocycles. The van der Waals surface area contributed by atoms with Crippen LogP contribution in [0.25, 0.3) is 0 Å². The van der Waals surface area contributed by atoms with Crippen molar-refractivity contribution in [1.82, 2.24) is 16.0 Å². The lowest BCUT2D eigenvalue weighted by atomic mass is 10.0. The summed E-state index contributed by atoms with van der Waals surface area (Å²) in [6.07, 6.45) is 3.05. The Morgan fingerprint density at radius 1 is 1.29 bits per heavy atom. The van der Waals surface area contributed by atoms with Crippen molar-refractivity contribution in [1.29, 1.82) is 0 Å². The summed E-state index contributed by atoms with van der Waals surface area (Å²) < 4.78 is 5.78. The summed E-state index contributed by atoms with van der Waals surface area (Å²) in [7, 11) is 0. The first kappa shape index (κ1) is 22.6. The molecule has 28 heavy (non-hydrogen) atoms. The molecular formula is C19H28ClN3O4S. The number of halogens is 1. The minimum Gasteiger partial charge on any atom is -0.444 e. The predicted octanol–water partition coefficient (Wildman–Crippen LogP) is 3.13. The van der Waals surface area contributed by atoms with Crippen LogP contribution < -0.4 is 16.0 Å². The third-order valence-electron chi connectivity index (χ3n) is 4.20. The van der Waals surface area contributed by atoms with Gasteiger partial charge in [0.25, 0.3) is 5.91 Å². The number of amides is 2. The Morgan fingerprint density at radius 2 is 2.04 bits per heavy atom. The Labute approximate surface area is 174 Å². The highest BCUT2D eigenvalue weighted by molar-refractivity contribution is 7.17. The number of thiophene rings is 1. The zero-order chi connectivity index (χ0) is 20.7. The SMILES string of the molecule is CC(C)(C)OC(=O)N[C@@H](CNC(=O)c1ccc(Cl)s1)C(=O)C1CCCCCN1. The van der Waals surface area contributed by atoms with Crippen LogP contribution >= 0.6 is 22.9 Å². The fourth-order valence-electron chi connectivity index (χ4n) is 2.91. The van der Waals surface area contributed by atoms with E-state index in [1.54, 1.807) is 32.9 Å². The highest BCUT2D eigenvalue weighted by atomic mass is 35.5. The third-order valence-corrected chi connectivity index (χ3v) is 5.43. The van der Waals surface area contributed by atoms with E-state index in [4.69, 9.17) is 16.3 Å². The molecular weight excluding hydrogens is 402 g/mol. The molecule has 0 aliphatic carbocycles. The summed E-state index contributed by atoms with van der Waals surface area (Å²) in [4.78, 5) is 38.0. The van der Waals surface area contributed by atoms with Crippen LogP contribution in [0.2, 0.25) is 4.34 Å². The van der Waals surface area contributed by atoms with E-state index in [1.165, 1.54) is 0 Å². The first-order valence-electron chi connectivity index (χ1n) is 9.46. The lowest BCUT2D eigenvalue weighted by Crippen LogP contribution is -2.55. The predicted molar refractivity (Wildman–Crippen MR) is 110 cm³/mol. The first-order valence-corrected chi connectivity index (χ1v) is 10.7. The largest absolute Gasteiger partial charge is 0.444 e. The van der Waals surface area contributed by atoms with Gasteiger partial charge in [-0.2, -0.15) is 0 Å². The topological polar surface area (TPSA) is 96.5 Å². The van der Waals surface area contributed by atoms with Crippen LogP contribution in [0.1, 0.15) is 56.1 Å². The van der Waals surface area contributed by atoms with Gasteiger partial charge in [-0.1, -0.05) is 24.4 Å². The molecule has 1 aromatic heterocycles. The number of Topliss-reactive ketones (excluding diaryl/α,β-unsaturated/α-hetero) is 1. The first-order chi connectivity index (χ1) is 13.2. The molecule has 0 aromatic carbocycles. The fourth-order valence-corrected chi connectivity index (χ4v) is 3.86. The lowest BCUT2D eigenvalue weighted by Gasteiger charge is -2.26. The standard InChI is InChI=1S/C19H28ClN3O4S/c1-19(2,3)27-18(26)23-13(16(24)12-7-5-4-6-10-21-12)11-22-17(25)14-8-9-15(20)28-14/h8-9,12-13,21H,4-7,10-11H2,1-3H3,(H,22,25)(H,23,26)/t12?,13-/m0/s1. The van der Waals surface area contributed by atoms with Crippen LogP contribution in [0.5, 0.6) is 0 Å². The summed E-state index contributed by atoms with van der Waals surface area (Å²) in [5.74, 6) is -0.494. The van der Waals surface area contributed by atoms with Crippen LogP contribution in [-0.2, 0) is 9.53 Å². The third kappa shape index (κ3) is 7.41. The van der Waals surface area contributed by atoms with Crippen molar-refractivity contribution in [2.45, 2.75) is 64.1 Å². The summed E-state index contributed by atoms with van der Waals surface area (Å²) in [5, 5.41) is 8.56. The van der Waals surface area contributed by atoms with Crippen molar-refractivity contribution in [3.05, 3.63) is 21.3 Å². The quantitative estimate of drug-likeness (QED) is 0.645. The monoisotopic (exact) mass is 429 g/mol. The average molecular weight is 430 g/mol. The van der Waals surface area contributed by atoms with E-state index in [1.807, 2.05) is 0 Å². The number of hydrogen-bond acceptors (Lipinski definition) is 6. The van der Waals surface area contributed by atoms with Gasteiger partial charge in [-0.05, 0) is 52.3 Å². The number of carbonyl (C=O) groups is 3. The molecule has 3 N–H and O–H groups in total. The van der Waals surface area contributed by atoms with Crippen molar-refractivity contribution in [2.75, 3.05) is 13.1 Å². The van der Waals surface area contributed by atoms with Gasteiger partial charge in [0.05, 0.1) is 15.3 Å². The Kier molecular flexibility index (Phi) is 8.27. The Bertz CT molecular complexity index is 694. The average Bonchev–Trinajstić information content (AvgIpc) is 2.87. The smallest absolute Gasteiger partial charge is 0.408 e. The number of ketones is 1. The lowest BCUT2D eigenvalue weighted by molar-refractivity contribution is -0.123. The van der Waals surface area contributed by atoms with Gasteiger partial charge < -0.3 is 20.7 Å². The molecule has 1 aliphatic rings. The van der Waals surface area contributed by atoms with E-state index in [9.17, 15) is 14.4 Å². The van der Waals surface area contributed by atoms with Crippen LogP contribution in [0.15, 0.2) is 12.1 Å². The zero-order valence-corrected chi connectivity index (χ0v) is 18.0. The van der Waals surface area contributed by atoms with Crippen LogP contribution in [0.4, 0.5) is 4.79 Å². The van der Waals surface area contributed by atoms with E-state index < -0.39 is 17.7 Å². The fraction of sp³-hybridized carbons (Fsp3) is 0.632. The summed E-state index contributed by atoms with van der Waals surface area (Å²) in [6.45, 7) is 5.98. The molecule has 0 spiro atoms. The second-order valence-electron chi connectivity index (χ2n) is 7.77. The van der Waals surface area contributed by atoms with E-state index in [2.05, 4.69) is 16.0 Å². The summed E-state index contributed by atoms with van der Waals surface area (Å²) in [6, 6.07) is 2.02. The van der Waals surface area contributed by atoms with Gasteiger partial charge in [-0.3, -0.25) is 9.59 Å². The van der Waals surface area contributed by atoms with Crippen molar-refractivity contribution in [3.63, 3.8) is 0 Å². The van der Waals surface area contributed by atoms with E-state index >= 15 is 0 Å². The van der Waals surface area contributed by atoms with Crippen molar-refractivity contribution < 1.29 is 19.1 Å². The summed E-state index contributed by atoms with van der Waals surface area (Å²) in [5.41, 5.74) is -0.685. The van der Waals surface area contributed by atoms with Gasteiger partial charge in [0.2, 0.25) is 0 Å². The molecule has 2 amide bonds. The number of nitrogens with one attached hydrogen (secondary N) is 3. The second kappa shape index (κ2) is 10.2. The van der Waals surface area contributed by atoms with Gasteiger partial charge in [-0.15, -0.1) is 11.3 Å². The molecule has 0 saturated carbocycles. The normalized spacial score (nSPS) is 18.6. The number of rotatable bonds is 6. The van der Waals surface area contributed by atoms with Crippen LogP contribution in [0.3, 0.4) is 0 Å². The van der Waals surface area contributed by atoms with Crippen LogP contribution in [-0.4, -0.2) is 48.6 Å². The van der Waals surface area contributed by atoms with Crippen molar-refractivity contribution >= 4 is 40.7 Å². The number of ether oxygens (including phenoxy) is 1. The van der Waals surface area contributed by atoms with Gasteiger partial charge in [-0.25, -0.2) is 4.79 Å². The molecule has 1 aliphatic heterocycles. The minimum atomic E-state index is -0.884. The number of hydrogen-bond donors (Lipinski definition) is 3. The molecule has 7 nitrogen and oxygen atoms in total. The maximum Gasteiger partial charge on any atom is 0.408 e. The molecule has 9 heteroatoms. The molecule has 1 unspecified atom stereocenters. The minimum absolute atomic E-state index is 0.0232. The molecule has 0 bridgehead atoms. The second-order valence-corrected chi connectivity index (χ2v) is 9.49. The highest BCUT2D eigenvalue weighted by Crippen LogP contribution is 2.21. The van der Waals surface area contributed by atoms with E-state index in [-0.39, 0.29) is 24.3 Å². The zero-order valence-electron chi connectivity index (χ0n) is 16.5. The number of alkyl carbamates (subject to hydrolysis) is 1. The van der Waals surface area contributed by atoms with Crippen LogP contribution in [0, 0.1) is 0 Å². The van der Waals surface area contributed by atoms with Gasteiger partial charge in [0.1, 0.15) is 11.6 Å². The molecule has 0 radical (unpaired) electrons. The Morgan fingerprint density at radius 3 is 2.68 bits per heavy atom. The maximum atomic E-state index is 13.0. The van der Waals surface area contributed by atoms with Crippen molar-refractivity contribution in [3.8, 4) is 0 Å². The van der Waals surface area contributed by atoms with Gasteiger partial charge >= 0.3 is 6.09 Å². The van der Waals surface area contributed by atoms with Crippen molar-refractivity contribution in [2.24, 2.45) is 0 Å². The van der Waals surface area contributed by atoms with E-state index in [0.717, 1.165) is 37.1 Å². The summed E-state index contributed by atoms with van der Waals surface area (Å²) >= 11 is 7.02. The molecule has 156 valence electrons. The molecule has 2 heterocycles. The van der Waals surface area contributed by atoms with E-state index in [0.29, 0.717) is 15.6 Å². The molecule has 2 rings (SSSR count). The maximum absolute atomic E-state index is 13.0.